The lowest BCUT2D eigenvalue weighted by atomic mass is 10.1. The van der Waals surface area contributed by atoms with Crippen molar-refractivity contribution in [1.82, 2.24) is 14.3 Å². The van der Waals surface area contributed by atoms with E-state index in [-0.39, 0.29) is 4.90 Å². The van der Waals surface area contributed by atoms with Gasteiger partial charge in [-0.15, -0.1) is 0 Å². The number of hydrogen-bond donors (Lipinski definition) is 0. The largest absolute Gasteiger partial charge is 0.494 e. The normalized spacial score (nSPS) is 15.6. The maximum absolute atomic E-state index is 13.0. The van der Waals surface area contributed by atoms with E-state index in [9.17, 15) is 8.42 Å². The van der Waals surface area contributed by atoms with E-state index in [2.05, 4.69) is 14.9 Å². The van der Waals surface area contributed by atoms with Gasteiger partial charge in [0.15, 0.2) is 0 Å². The van der Waals surface area contributed by atoms with E-state index in [0.717, 1.165) is 22.3 Å². The molecular formula is C21H24N4O3S. The number of aromatic nitrogens is 2. The number of piperazine rings is 1. The molecule has 3 aromatic rings. The predicted molar refractivity (Wildman–Crippen MR) is 113 cm³/mol. The van der Waals surface area contributed by atoms with E-state index in [0.29, 0.717) is 38.5 Å². The van der Waals surface area contributed by atoms with Gasteiger partial charge >= 0.3 is 0 Å². The van der Waals surface area contributed by atoms with E-state index < -0.39 is 10.0 Å². The monoisotopic (exact) mass is 412 g/mol. The second-order valence-corrected chi connectivity index (χ2v) is 8.90. The van der Waals surface area contributed by atoms with Crippen LogP contribution in [0.15, 0.2) is 53.7 Å². The van der Waals surface area contributed by atoms with Crippen LogP contribution in [0.3, 0.4) is 0 Å². The third-order valence-corrected chi connectivity index (χ3v) is 7.07. The number of nitrogens with zero attached hydrogens (tertiary/aromatic N) is 4. The number of anilines is 1. The van der Waals surface area contributed by atoms with Crippen molar-refractivity contribution < 1.29 is 13.2 Å². The molecule has 0 spiro atoms. The summed E-state index contributed by atoms with van der Waals surface area (Å²) in [6.07, 6.45) is 1.57. The van der Waals surface area contributed by atoms with Crippen LogP contribution in [0.4, 0.5) is 5.82 Å². The summed E-state index contributed by atoms with van der Waals surface area (Å²) in [5.74, 6) is 1.54. The highest BCUT2D eigenvalue weighted by Crippen LogP contribution is 2.28. The van der Waals surface area contributed by atoms with Crippen LogP contribution in [0.5, 0.6) is 5.75 Å². The van der Waals surface area contributed by atoms with Crippen LogP contribution in [0.25, 0.3) is 10.9 Å². The van der Waals surface area contributed by atoms with Crippen molar-refractivity contribution >= 4 is 26.7 Å². The summed E-state index contributed by atoms with van der Waals surface area (Å²) >= 11 is 0. The van der Waals surface area contributed by atoms with Gasteiger partial charge in [-0.05, 0) is 49.7 Å². The summed E-state index contributed by atoms with van der Waals surface area (Å²) in [4.78, 5) is 11.3. The molecule has 1 aliphatic heterocycles. The average molecular weight is 413 g/mol. The molecule has 7 nitrogen and oxygen atoms in total. The third-order valence-electron chi connectivity index (χ3n) is 5.16. The molecule has 0 aliphatic carbocycles. The standard InChI is InChI=1S/C21H24N4O3S/c1-3-28-17-7-9-18(10-8-17)29(26,27)25-13-11-24(12-14-25)21-20-16(2)5-4-6-19(20)22-15-23-21/h4-10,15H,3,11-14H2,1-2H3. The first-order valence-corrected chi connectivity index (χ1v) is 11.1. The van der Waals surface area contributed by atoms with E-state index in [1.807, 2.05) is 32.0 Å². The van der Waals surface area contributed by atoms with Crippen LogP contribution < -0.4 is 9.64 Å². The van der Waals surface area contributed by atoms with E-state index in [4.69, 9.17) is 4.74 Å². The molecule has 2 aromatic carbocycles. The molecule has 0 N–H and O–H groups in total. The summed E-state index contributed by atoms with van der Waals surface area (Å²) < 4.78 is 33.0. The lowest BCUT2D eigenvalue weighted by Crippen LogP contribution is -2.49. The Hall–Kier alpha value is -2.71. The van der Waals surface area contributed by atoms with E-state index in [1.165, 1.54) is 4.31 Å². The van der Waals surface area contributed by atoms with Crippen molar-refractivity contribution in [1.29, 1.82) is 0 Å². The molecule has 29 heavy (non-hydrogen) atoms. The Balaban J connectivity index is 1.52. The molecule has 1 fully saturated rings. The van der Waals surface area contributed by atoms with Gasteiger partial charge in [0.2, 0.25) is 10.0 Å². The van der Waals surface area contributed by atoms with Crippen LogP contribution in [-0.4, -0.2) is 55.5 Å². The van der Waals surface area contributed by atoms with Crippen molar-refractivity contribution in [2.75, 3.05) is 37.7 Å². The fourth-order valence-electron chi connectivity index (χ4n) is 3.66. The van der Waals surface area contributed by atoms with Gasteiger partial charge in [0, 0.05) is 31.6 Å². The Morgan fingerprint density at radius 3 is 2.41 bits per heavy atom. The molecular weight excluding hydrogens is 388 g/mol. The molecule has 4 rings (SSSR count). The topological polar surface area (TPSA) is 75.6 Å². The zero-order valence-corrected chi connectivity index (χ0v) is 17.4. The molecule has 1 saturated heterocycles. The molecule has 1 aliphatic rings. The smallest absolute Gasteiger partial charge is 0.243 e. The first kappa shape index (κ1) is 19.6. The van der Waals surface area contributed by atoms with Crippen molar-refractivity contribution in [3.63, 3.8) is 0 Å². The lowest BCUT2D eigenvalue weighted by Gasteiger charge is -2.35. The zero-order valence-electron chi connectivity index (χ0n) is 16.6. The Kier molecular flexibility index (Phi) is 5.38. The Morgan fingerprint density at radius 2 is 1.72 bits per heavy atom. The second kappa shape index (κ2) is 7.96. The molecule has 2 heterocycles. The minimum absolute atomic E-state index is 0.290. The lowest BCUT2D eigenvalue weighted by molar-refractivity contribution is 0.340. The summed E-state index contributed by atoms with van der Waals surface area (Å²) in [7, 11) is -3.53. The quantitative estimate of drug-likeness (QED) is 0.641. The minimum atomic E-state index is -3.53. The van der Waals surface area contributed by atoms with Gasteiger partial charge in [-0.1, -0.05) is 12.1 Å². The number of aryl methyl sites for hydroxylation is 1. The SMILES string of the molecule is CCOc1ccc(S(=O)(=O)N2CCN(c3ncnc4cccc(C)c34)CC2)cc1. The van der Waals surface area contributed by atoms with Crippen LogP contribution in [0.2, 0.25) is 0 Å². The van der Waals surface area contributed by atoms with Gasteiger partial charge in [0.25, 0.3) is 0 Å². The first-order chi connectivity index (χ1) is 14.0. The predicted octanol–water partition coefficient (Wildman–Crippen LogP) is 2.85. The van der Waals surface area contributed by atoms with Crippen LogP contribution in [-0.2, 0) is 10.0 Å². The molecule has 0 atom stereocenters. The number of fused-ring (bicyclic) bond motifs is 1. The third kappa shape index (κ3) is 3.77. The van der Waals surface area contributed by atoms with Crippen LogP contribution in [0, 0.1) is 6.92 Å². The summed E-state index contributed by atoms with van der Waals surface area (Å²) in [5, 5.41) is 1.03. The van der Waals surface area contributed by atoms with Gasteiger partial charge < -0.3 is 9.64 Å². The maximum Gasteiger partial charge on any atom is 0.243 e. The maximum atomic E-state index is 13.0. The fraction of sp³-hybridized carbons (Fsp3) is 0.333. The van der Waals surface area contributed by atoms with E-state index >= 15 is 0 Å². The molecule has 0 amide bonds. The molecule has 8 heteroatoms. The molecule has 1 aromatic heterocycles. The van der Waals surface area contributed by atoms with Crippen LogP contribution >= 0.6 is 0 Å². The van der Waals surface area contributed by atoms with Crippen molar-refractivity contribution in [2.45, 2.75) is 18.7 Å². The number of ether oxygens (including phenoxy) is 1. The van der Waals surface area contributed by atoms with Crippen molar-refractivity contribution in [3.05, 3.63) is 54.4 Å². The zero-order chi connectivity index (χ0) is 20.4. The Bertz CT molecular complexity index is 1100. The highest BCUT2D eigenvalue weighted by molar-refractivity contribution is 7.89. The molecule has 152 valence electrons. The van der Waals surface area contributed by atoms with Gasteiger partial charge in [-0.3, -0.25) is 0 Å². The van der Waals surface area contributed by atoms with E-state index in [1.54, 1.807) is 30.6 Å². The Labute approximate surface area is 171 Å². The molecule has 0 saturated carbocycles. The second-order valence-electron chi connectivity index (χ2n) is 6.96. The average Bonchev–Trinajstić information content (AvgIpc) is 2.74. The summed E-state index contributed by atoms with van der Waals surface area (Å²) in [5.41, 5.74) is 2.02. The number of rotatable bonds is 5. The summed E-state index contributed by atoms with van der Waals surface area (Å²) in [6.45, 7) is 6.47. The van der Waals surface area contributed by atoms with Gasteiger partial charge in [0.1, 0.15) is 17.9 Å². The molecule has 0 unspecified atom stereocenters. The molecule has 0 radical (unpaired) electrons. The highest BCUT2D eigenvalue weighted by Gasteiger charge is 2.29. The fourth-order valence-corrected chi connectivity index (χ4v) is 5.09. The van der Waals surface area contributed by atoms with Crippen molar-refractivity contribution in [2.24, 2.45) is 0 Å². The van der Waals surface area contributed by atoms with Gasteiger partial charge in [-0.2, -0.15) is 4.31 Å². The van der Waals surface area contributed by atoms with Crippen molar-refractivity contribution in [3.8, 4) is 5.75 Å². The number of sulfonamides is 1. The van der Waals surface area contributed by atoms with Gasteiger partial charge in [0.05, 0.1) is 17.0 Å². The number of benzene rings is 2. The summed E-state index contributed by atoms with van der Waals surface area (Å²) in [6, 6.07) is 12.6. The van der Waals surface area contributed by atoms with Gasteiger partial charge in [-0.25, -0.2) is 18.4 Å². The minimum Gasteiger partial charge on any atom is -0.494 e. The first-order valence-electron chi connectivity index (χ1n) is 9.69. The Morgan fingerprint density at radius 1 is 1.00 bits per heavy atom. The molecule has 0 bridgehead atoms. The highest BCUT2D eigenvalue weighted by atomic mass is 32.2. The van der Waals surface area contributed by atoms with Crippen LogP contribution in [0.1, 0.15) is 12.5 Å². The number of hydrogen-bond acceptors (Lipinski definition) is 6.